The molecule has 0 bridgehead atoms. The Morgan fingerprint density at radius 2 is 2.10 bits per heavy atom. The SMILES string of the molecule is CN(C)C1CCN(CCCC(C)(NC2CC2)C(=O)O)C1. The number of aliphatic carboxylic acids is 1. The molecule has 0 spiro atoms. The van der Waals surface area contributed by atoms with Gasteiger partial charge < -0.3 is 14.9 Å². The van der Waals surface area contributed by atoms with Crippen molar-refractivity contribution in [2.75, 3.05) is 33.7 Å². The lowest BCUT2D eigenvalue weighted by Crippen LogP contribution is -2.50. The third-order valence-electron chi connectivity index (χ3n) is 4.70. The third-order valence-corrected chi connectivity index (χ3v) is 4.70. The van der Waals surface area contributed by atoms with E-state index in [2.05, 4.69) is 29.2 Å². The third kappa shape index (κ3) is 4.17. The Balaban J connectivity index is 1.72. The number of hydrogen-bond acceptors (Lipinski definition) is 4. The summed E-state index contributed by atoms with van der Waals surface area (Å²) in [5.74, 6) is -0.711. The zero-order chi connectivity index (χ0) is 14.8. The maximum Gasteiger partial charge on any atom is 0.323 e. The van der Waals surface area contributed by atoms with Crippen LogP contribution in [-0.4, -0.2) is 72.2 Å². The molecular weight excluding hydrogens is 254 g/mol. The van der Waals surface area contributed by atoms with Crippen molar-refractivity contribution < 1.29 is 9.90 Å². The summed E-state index contributed by atoms with van der Waals surface area (Å²) in [7, 11) is 4.27. The van der Waals surface area contributed by atoms with Crippen molar-refractivity contribution >= 4 is 5.97 Å². The van der Waals surface area contributed by atoms with E-state index >= 15 is 0 Å². The van der Waals surface area contributed by atoms with Crippen LogP contribution in [0.15, 0.2) is 0 Å². The zero-order valence-electron chi connectivity index (χ0n) is 13.1. The van der Waals surface area contributed by atoms with Crippen LogP contribution in [0.5, 0.6) is 0 Å². The highest BCUT2D eigenvalue weighted by molar-refractivity contribution is 5.78. The Hall–Kier alpha value is -0.650. The highest BCUT2D eigenvalue weighted by atomic mass is 16.4. The summed E-state index contributed by atoms with van der Waals surface area (Å²) in [4.78, 5) is 16.2. The van der Waals surface area contributed by atoms with Gasteiger partial charge in [0.2, 0.25) is 0 Å². The average molecular weight is 283 g/mol. The van der Waals surface area contributed by atoms with Crippen LogP contribution in [0.3, 0.4) is 0 Å². The Morgan fingerprint density at radius 1 is 1.40 bits per heavy atom. The van der Waals surface area contributed by atoms with Crippen molar-refractivity contribution in [3.63, 3.8) is 0 Å². The molecule has 1 saturated carbocycles. The Morgan fingerprint density at radius 3 is 2.60 bits per heavy atom. The predicted molar refractivity (Wildman–Crippen MR) is 80.0 cm³/mol. The van der Waals surface area contributed by atoms with Gasteiger partial charge in [-0.3, -0.25) is 10.1 Å². The number of nitrogens with one attached hydrogen (secondary N) is 1. The number of nitrogens with zero attached hydrogens (tertiary/aromatic N) is 2. The van der Waals surface area contributed by atoms with Crippen LogP contribution in [0.2, 0.25) is 0 Å². The van der Waals surface area contributed by atoms with Gasteiger partial charge in [-0.1, -0.05) is 0 Å². The van der Waals surface area contributed by atoms with Crippen molar-refractivity contribution in [1.82, 2.24) is 15.1 Å². The Kier molecular flexibility index (Phi) is 5.04. The molecule has 5 heteroatoms. The number of carboxylic acid groups (broad SMARTS) is 1. The molecule has 2 unspecified atom stereocenters. The van der Waals surface area contributed by atoms with E-state index in [1.807, 2.05) is 6.92 Å². The first-order chi connectivity index (χ1) is 9.40. The summed E-state index contributed by atoms with van der Waals surface area (Å²) in [5.41, 5.74) is -0.748. The number of hydrogen-bond donors (Lipinski definition) is 2. The molecule has 5 nitrogen and oxygen atoms in total. The quantitative estimate of drug-likeness (QED) is 0.696. The number of carbonyl (C=O) groups is 1. The van der Waals surface area contributed by atoms with Crippen LogP contribution in [0.4, 0.5) is 0 Å². The molecule has 2 rings (SSSR count). The summed E-state index contributed by atoms with van der Waals surface area (Å²) in [6, 6.07) is 1.09. The number of likely N-dealkylation sites (tertiary alicyclic amines) is 1. The zero-order valence-corrected chi connectivity index (χ0v) is 13.1. The van der Waals surface area contributed by atoms with E-state index < -0.39 is 11.5 Å². The van der Waals surface area contributed by atoms with Crippen LogP contribution in [0.1, 0.15) is 39.0 Å². The predicted octanol–water partition coefficient (Wildman–Crippen LogP) is 0.998. The molecule has 2 fully saturated rings. The van der Waals surface area contributed by atoms with Gasteiger partial charge in [-0.2, -0.15) is 0 Å². The Labute approximate surface area is 122 Å². The summed E-state index contributed by atoms with van der Waals surface area (Å²) >= 11 is 0. The minimum absolute atomic E-state index is 0.431. The van der Waals surface area contributed by atoms with Crippen LogP contribution in [0, 0.1) is 0 Å². The van der Waals surface area contributed by atoms with Gasteiger partial charge in [0, 0.05) is 18.6 Å². The maximum absolute atomic E-state index is 11.5. The van der Waals surface area contributed by atoms with E-state index in [4.69, 9.17) is 0 Å². The molecule has 1 aliphatic heterocycles. The average Bonchev–Trinajstić information content (AvgIpc) is 3.04. The van der Waals surface area contributed by atoms with Crippen molar-refractivity contribution in [2.45, 2.75) is 56.7 Å². The smallest absolute Gasteiger partial charge is 0.323 e. The fourth-order valence-electron chi connectivity index (χ4n) is 3.01. The van der Waals surface area contributed by atoms with E-state index in [1.165, 1.54) is 6.42 Å². The lowest BCUT2D eigenvalue weighted by atomic mass is 9.95. The number of carboxylic acids is 1. The molecule has 20 heavy (non-hydrogen) atoms. The molecule has 0 aromatic rings. The summed E-state index contributed by atoms with van der Waals surface area (Å²) in [6.07, 6.45) is 5.13. The molecule has 0 aromatic heterocycles. The second kappa shape index (κ2) is 6.41. The van der Waals surface area contributed by atoms with Gasteiger partial charge in [0.25, 0.3) is 0 Å². The van der Waals surface area contributed by atoms with Gasteiger partial charge >= 0.3 is 5.97 Å². The van der Waals surface area contributed by atoms with Gasteiger partial charge in [0.05, 0.1) is 0 Å². The van der Waals surface area contributed by atoms with Gasteiger partial charge in [-0.25, -0.2) is 0 Å². The van der Waals surface area contributed by atoms with Crippen molar-refractivity contribution in [3.05, 3.63) is 0 Å². The topological polar surface area (TPSA) is 55.8 Å². The molecule has 0 amide bonds. The highest BCUT2D eigenvalue weighted by Crippen LogP contribution is 2.25. The summed E-state index contributed by atoms with van der Waals surface area (Å²) in [5, 5.41) is 12.7. The van der Waals surface area contributed by atoms with Crippen LogP contribution in [0.25, 0.3) is 0 Å². The highest BCUT2D eigenvalue weighted by Gasteiger charge is 2.38. The summed E-state index contributed by atoms with van der Waals surface area (Å²) in [6.45, 7) is 5.11. The standard InChI is InChI=1S/C15H29N3O2/c1-15(14(19)20,16-12-5-6-12)8-4-9-18-10-7-13(11-18)17(2)3/h12-13,16H,4-11H2,1-3H3,(H,19,20). The van der Waals surface area contributed by atoms with E-state index in [-0.39, 0.29) is 0 Å². The molecule has 0 aromatic carbocycles. The number of rotatable bonds is 8. The number of likely N-dealkylation sites (N-methyl/N-ethyl adjacent to an activating group) is 1. The van der Waals surface area contributed by atoms with Gasteiger partial charge in [0.15, 0.2) is 0 Å². The fraction of sp³-hybridized carbons (Fsp3) is 0.933. The van der Waals surface area contributed by atoms with E-state index in [0.29, 0.717) is 18.5 Å². The van der Waals surface area contributed by atoms with Crippen LogP contribution < -0.4 is 5.32 Å². The molecule has 2 N–H and O–H groups in total. The van der Waals surface area contributed by atoms with E-state index in [9.17, 15) is 9.90 Å². The molecule has 1 aliphatic carbocycles. The van der Waals surface area contributed by atoms with Crippen molar-refractivity contribution in [1.29, 1.82) is 0 Å². The van der Waals surface area contributed by atoms with E-state index in [1.54, 1.807) is 0 Å². The van der Waals surface area contributed by atoms with Gasteiger partial charge in [-0.05, 0) is 66.2 Å². The monoisotopic (exact) mass is 283 g/mol. The molecule has 1 saturated heterocycles. The molecular formula is C15H29N3O2. The molecule has 2 aliphatic rings. The second-order valence-corrected chi connectivity index (χ2v) is 6.87. The molecule has 116 valence electrons. The first-order valence-corrected chi connectivity index (χ1v) is 7.80. The van der Waals surface area contributed by atoms with Crippen LogP contribution >= 0.6 is 0 Å². The Bertz CT molecular complexity index is 344. The second-order valence-electron chi connectivity index (χ2n) is 6.87. The van der Waals surface area contributed by atoms with Crippen LogP contribution in [-0.2, 0) is 4.79 Å². The first-order valence-electron chi connectivity index (χ1n) is 7.80. The molecule has 1 heterocycles. The van der Waals surface area contributed by atoms with Crippen molar-refractivity contribution in [3.8, 4) is 0 Å². The normalized spacial score (nSPS) is 26.9. The molecule has 0 radical (unpaired) electrons. The minimum atomic E-state index is -0.748. The lowest BCUT2D eigenvalue weighted by Gasteiger charge is -2.27. The lowest BCUT2D eigenvalue weighted by molar-refractivity contribution is -0.144. The molecule has 2 atom stereocenters. The van der Waals surface area contributed by atoms with Crippen molar-refractivity contribution in [2.24, 2.45) is 0 Å². The maximum atomic E-state index is 11.5. The minimum Gasteiger partial charge on any atom is -0.480 e. The summed E-state index contributed by atoms with van der Waals surface area (Å²) < 4.78 is 0. The van der Waals surface area contributed by atoms with Gasteiger partial charge in [0.1, 0.15) is 5.54 Å². The van der Waals surface area contributed by atoms with Gasteiger partial charge in [-0.15, -0.1) is 0 Å². The fourth-order valence-corrected chi connectivity index (χ4v) is 3.01. The largest absolute Gasteiger partial charge is 0.480 e. The van der Waals surface area contributed by atoms with E-state index in [0.717, 1.165) is 38.9 Å². The first kappa shape index (κ1) is 15.7.